The first-order chi connectivity index (χ1) is 7.16. The van der Waals surface area contributed by atoms with Gasteiger partial charge >= 0.3 is 5.97 Å². The van der Waals surface area contributed by atoms with Gasteiger partial charge in [-0.3, -0.25) is 4.79 Å². The van der Waals surface area contributed by atoms with Crippen LogP contribution >= 0.6 is 0 Å². The Hall–Kier alpha value is -1.36. The Kier molecular flexibility index (Phi) is 2.73. The maximum absolute atomic E-state index is 10.9. The SMILES string of the molecule is Cc1cc(C2CC(C(=O)O)CCN2)no1. The summed E-state index contributed by atoms with van der Waals surface area (Å²) in [7, 11) is 0. The van der Waals surface area contributed by atoms with Crippen molar-refractivity contribution >= 4 is 5.97 Å². The van der Waals surface area contributed by atoms with Crippen molar-refractivity contribution in [2.24, 2.45) is 5.92 Å². The van der Waals surface area contributed by atoms with Crippen molar-refractivity contribution in [3.05, 3.63) is 17.5 Å². The van der Waals surface area contributed by atoms with Gasteiger partial charge in [0.2, 0.25) is 0 Å². The number of nitrogens with zero attached hydrogens (tertiary/aromatic N) is 1. The van der Waals surface area contributed by atoms with E-state index >= 15 is 0 Å². The van der Waals surface area contributed by atoms with Crippen LogP contribution in [0.5, 0.6) is 0 Å². The second kappa shape index (κ2) is 4.02. The van der Waals surface area contributed by atoms with E-state index in [1.807, 2.05) is 13.0 Å². The quantitative estimate of drug-likeness (QED) is 0.764. The van der Waals surface area contributed by atoms with Crippen molar-refractivity contribution < 1.29 is 14.4 Å². The van der Waals surface area contributed by atoms with Crippen LogP contribution in [0.25, 0.3) is 0 Å². The van der Waals surface area contributed by atoms with Crippen LogP contribution in [0, 0.1) is 12.8 Å². The minimum Gasteiger partial charge on any atom is -0.481 e. The highest BCUT2D eigenvalue weighted by Crippen LogP contribution is 2.26. The Morgan fingerprint density at radius 1 is 1.73 bits per heavy atom. The van der Waals surface area contributed by atoms with Crippen molar-refractivity contribution in [1.29, 1.82) is 0 Å². The van der Waals surface area contributed by atoms with Gasteiger partial charge in [-0.25, -0.2) is 0 Å². The number of nitrogens with one attached hydrogen (secondary N) is 1. The Labute approximate surface area is 87.5 Å². The van der Waals surface area contributed by atoms with E-state index in [9.17, 15) is 4.79 Å². The number of carboxylic acid groups (broad SMARTS) is 1. The standard InChI is InChI=1S/C10H14N2O3/c1-6-4-9(12-15-6)8-5-7(10(13)14)2-3-11-8/h4,7-8,11H,2-3,5H2,1H3,(H,13,14). The summed E-state index contributed by atoms with van der Waals surface area (Å²) in [6.45, 7) is 2.54. The summed E-state index contributed by atoms with van der Waals surface area (Å²) in [6, 6.07) is 1.86. The van der Waals surface area contributed by atoms with E-state index in [1.54, 1.807) is 0 Å². The zero-order chi connectivity index (χ0) is 10.8. The number of carboxylic acids is 1. The first-order valence-corrected chi connectivity index (χ1v) is 5.06. The summed E-state index contributed by atoms with van der Waals surface area (Å²) in [5, 5.41) is 16.1. The molecule has 1 aromatic heterocycles. The Bertz CT molecular complexity index is 361. The molecule has 0 amide bonds. The number of aliphatic carboxylic acids is 1. The fraction of sp³-hybridized carbons (Fsp3) is 0.600. The third-order valence-corrected chi connectivity index (χ3v) is 2.76. The van der Waals surface area contributed by atoms with E-state index in [0.29, 0.717) is 19.4 Å². The molecule has 2 rings (SSSR count). The van der Waals surface area contributed by atoms with Crippen molar-refractivity contribution in [1.82, 2.24) is 10.5 Å². The smallest absolute Gasteiger partial charge is 0.306 e. The van der Waals surface area contributed by atoms with Gasteiger partial charge in [-0.1, -0.05) is 5.16 Å². The second-order valence-corrected chi connectivity index (χ2v) is 3.93. The molecule has 0 spiro atoms. The number of aromatic nitrogens is 1. The summed E-state index contributed by atoms with van der Waals surface area (Å²) in [4.78, 5) is 10.9. The lowest BCUT2D eigenvalue weighted by atomic mass is 9.91. The van der Waals surface area contributed by atoms with Gasteiger partial charge in [0, 0.05) is 6.07 Å². The summed E-state index contributed by atoms with van der Waals surface area (Å²) in [5.74, 6) is -0.237. The average Bonchev–Trinajstić information content (AvgIpc) is 2.65. The molecule has 1 fully saturated rings. The lowest BCUT2D eigenvalue weighted by molar-refractivity contribution is -0.143. The molecule has 15 heavy (non-hydrogen) atoms. The normalized spacial score (nSPS) is 26.5. The molecule has 5 nitrogen and oxygen atoms in total. The summed E-state index contributed by atoms with van der Waals surface area (Å²) in [5.41, 5.74) is 0.804. The Morgan fingerprint density at radius 2 is 2.53 bits per heavy atom. The molecule has 5 heteroatoms. The predicted molar refractivity (Wildman–Crippen MR) is 52.3 cm³/mol. The topological polar surface area (TPSA) is 75.4 Å². The van der Waals surface area contributed by atoms with Crippen molar-refractivity contribution in [3.63, 3.8) is 0 Å². The molecule has 2 unspecified atom stereocenters. The molecule has 0 aliphatic carbocycles. The van der Waals surface area contributed by atoms with Crippen LogP contribution in [0.3, 0.4) is 0 Å². The zero-order valence-electron chi connectivity index (χ0n) is 8.56. The van der Waals surface area contributed by atoms with Gasteiger partial charge in [0.1, 0.15) is 11.5 Å². The van der Waals surface area contributed by atoms with E-state index in [4.69, 9.17) is 9.63 Å². The molecule has 0 aromatic carbocycles. The molecule has 1 aliphatic rings. The monoisotopic (exact) mass is 210 g/mol. The fourth-order valence-electron chi connectivity index (χ4n) is 1.92. The van der Waals surface area contributed by atoms with Gasteiger partial charge in [-0.2, -0.15) is 0 Å². The lowest BCUT2D eigenvalue weighted by Crippen LogP contribution is -2.35. The van der Waals surface area contributed by atoms with Crippen LogP contribution in [0.1, 0.15) is 30.3 Å². The van der Waals surface area contributed by atoms with Crippen LogP contribution < -0.4 is 5.32 Å². The van der Waals surface area contributed by atoms with Gasteiger partial charge in [0.25, 0.3) is 0 Å². The van der Waals surface area contributed by atoms with Crippen molar-refractivity contribution in [2.45, 2.75) is 25.8 Å². The first kappa shape index (κ1) is 10.2. The largest absolute Gasteiger partial charge is 0.481 e. The van der Waals surface area contributed by atoms with Gasteiger partial charge < -0.3 is 14.9 Å². The van der Waals surface area contributed by atoms with E-state index in [1.165, 1.54) is 0 Å². The van der Waals surface area contributed by atoms with E-state index < -0.39 is 5.97 Å². The molecule has 2 atom stereocenters. The molecule has 0 bridgehead atoms. The van der Waals surface area contributed by atoms with Crippen LogP contribution in [-0.2, 0) is 4.79 Å². The minimum absolute atomic E-state index is 0.0114. The molecular weight excluding hydrogens is 196 g/mol. The Morgan fingerprint density at radius 3 is 3.13 bits per heavy atom. The molecule has 0 radical (unpaired) electrons. The van der Waals surface area contributed by atoms with E-state index in [-0.39, 0.29) is 12.0 Å². The van der Waals surface area contributed by atoms with Gasteiger partial charge in [0.15, 0.2) is 0 Å². The summed E-state index contributed by atoms with van der Waals surface area (Å²) >= 11 is 0. The van der Waals surface area contributed by atoms with Crippen LogP contribution in [0.15, 0.2) is 10.6 Å². The van der Waals surface area contributed by atoms with Crippen LogP contribution in [-0.4, -0.2) is 22.8 Å². The number of piperidine rings is 1. The molecule has 2 N–H and O–H groups in total. The van der Waals surface area contributed by atoms with Gasteiger partial charge in [-0.15, -0.1) is 0 Å². The maximum Gasteiger partial charge on any atom is 0.306 e. The molecule has 1 aromatic rings. The number of aryl methyl sites for hydroxylation is 1. The number of hydrogen-bond acceptors (Lipinski definition) is 4. The molecule has 2 heterocycles. The summed E-state index contributed by atoms with van der Waals surface area (Å²) in [6.07, 6.45) is 1.27. The number of hydrogen-bond donors (Lipinski definition) is 2. The molecule has 1 aliphatic heterocycles. The molecule has 0 saturated carbocycles. The highest BCUT2D eigenvalue weighted by Gasteiger charge is 2.28. The third-order valence-electron chi connectivity index (χ3n) is 2.76. The third kappa shape index (κ3) is 2.18. The maximum atomic E-state index is 10.9. The molecular formula is C10H14N2O3. The van der Waals surface area contributed by atoms with E-state index in [2.05, 4.69) is 10.5 Å². The van der Waals surface area contributed by atoms with Crippen LogP contribution in [0.4, 0.5) is 0 Å². The van der Waals surface area contributed by atoms with E-state index in [0.717, 1.165) is 11.5 Å². The first-order valence-electron chi connectivity index (χ1n) is 5.06. The Balaban J connectivity index is 2.07. The zero-order valence-corrected chi connectivity index (χ0v) is 8.56. The predicted octanol–water partition coefficient (Wildman–Crippen LogP) is 1.11. The van der Waals surface area contributed by atoms with Crippen LogP contribution in [0.2, 0.25) is 0 Å². The highest BCUT2D eigenvalue weighted by atomic mass is 16.5. The van der Waals surface area contributed by atoms with Gasteiger partial charge in [-0.05, 0) is 26.3 Å². The van der Waals surface area contributed by atoms with Crippen molar-refractivity contribution in [3.8, 4) is 0 Å². The summed E-state index contributed by atoms with van der Waals surface area (Å²) < 4.78 is 4.98. The lowest BCUT2D eigenvalue weighted by Gasteiger charge is -2.26. The average molecular weight is 210 g/mol. The molecule has 82 valence electrons. The number of carbonyl (C=O) groups is 1. The van der Waals surface area contributed by atoms with Crippen molar-refractivity contribution in [2.75, 3.05) is 6.54 Å². The minimum atomic E-state index is -0.721. The fourth-order valence-corrected chi connectivity index (χ4v) is 1.92. The van der Waals surface area contributed by atoms with Gasteiger partial charge in [0.05, 0.1) is 12.0 Å². The highest BCUT2D eigenvalue weighted by molar-refractivity contribution is 5.70. The number of rotatable bonds is 2. The molecule has 1 saturated heterocycles. The second-order valence-electron chi connectivity index (χ2n) is 3.93.